The van der Waals surface area contributed by atoms with Crippen LogP contribution < -0.4 is 10.6 Å². The lowest BCUT2D eigenvalue weighted by atomic mass is 10.1. The fraction of sp³-hybridized carbons (Fsp3) is 0.0588. The lowest BCUT2D eigenvalue weighted by Gasteiger charge is -2.06. The van der Waals surface area contributed by atoms with Gasteiger partial charge in [-0.25, -0.2) is 14.4 Å². The largest absolute Gasteiger partial charge is 0.344 e. The van der Waals surface area contributed by atoms with Crippen LogP contribution in [0.3, 0.4) is 0 Å². The van der Waals surface area contributed by atoms with Crippen LogP contribution in [-0.2, 0) is 4.79 Å². The van der Waals surface area contributed by atoms with Gasteiger partial charge in [0.2, 0.25) is 5.91 Å². The molecule has 4 aromatic rings. The number of carbonyl (C=O) groups excluding carboxylic acids is 2. The van der Waals surface area contributed by atoms with Gasteiger partial charge >= 0.3 is 0 Å². The van der Waals surface area contributed by atoms with Crippen molar-refractivity contribution >= 4 is 55.2 Å². The van der Waals surface area contributed by atoms with Gasteiger partial charge in [-0.05, 0) is 30.3 Å². The molecule has 0 saturated heterocycles. The molecule has 130 valence electrons. The van der Waals surface area contributed by atoms with Crippen molar-refractivity contribution in [1.82, 2.24) is 15.0 Å². The first-order valence-corrected chi connectivity index (χ1v) is 8.43. The Bertz CT molecular complexity index is 1170. The number of carbonyl (C=O) groups is 2. The number of anilines is 2. The number of benzene rings is 2. The standard InChI is InChI=1S/C17H12FN5O2S/c1-8(24)21-17-23-12-3-2-10(6-14(12)26-17)22-16(25)11-4-9(18)5-13-15(11)20-7-19-13/h2-7H,1H3,(H,19,20)(H,22,25)(H,21,23,24). The van der Waals surface area contributed by atoms with Crippen molar-refractivity contribution in [3.05, 3.63) is 48.0 Å². The first-order chi connectivity index (χ1) is 12.5. The number of amides is 2. The van der Waals surface area contributed by atoms with E-state index in [9.17, 15) is 14.0 Å². The van der Waals surface area contributed by atoms with E-state index in [0.29, 0.717) is 27.4 Å². The summed E-state index contributed by atoms with van der Waals surface area (Å²) >= 11 is 1.30. The minimum absolute atomic E-state index is 0.143. The molecule has 2 heterocycles. The molecule has 2 aromatic heterocycles. The lowest BCUT2D eigenvalue weighted by molar-refractivity contribution is -0.114. The van der Waals surface area contributed by atoms with Gasteiger partial charge in [0, 0.05) is 12.6 Å². The molecule has 7 nitrogen and oxygen atoms in total. The molecular weight excluding hydrogens is 357 g/mol. The summed E-state index contributed by atoms with van der Waals surface area (Å²) in [4.78, 5) is 34.8. The van der Waals surface area contributed by atoms with Gasteiger partial charge < -0.3 is 15.6 Å². The number of thiazole rings is 1. The Hall–Kier alpha value is -3.33. The van der Waals surface area contributed by atoms with Crippen molar-refractivity contribution < 1.29 is 14.0 Å². The van der Waals surface area contributed by atoms with Gasteiger partial charge in [0.15, 0.2) is 5.13 Å². The highest BCUT2D eigenvalue weighted by Gasteiger charge is 2.15. The quantitative estimate of drug-likeness (QED) is 0.514. The van der Waals surface area contributed by atoms with E-state index in [1.807, 2.05) is 0 Å². The zero-order valence-corrected chi connectivity index (χ0v) is 14.3. The average molecular weight is 369 g/mol. The zero-order valence-electron chi connectivity index (χ0n) is 13.5. The molecule has 0 radical (unpaired) electrons. The van der Waals surface area contributed by atoms with E-state index in [2.05, 4.69) is 25.6 Å². The Morgan fingerprint density at radius 3 is 2.85 bits per heavy atom. The number of nitrogens with zero attached hydrogens (tertiary/aromatic N) is 2. The SMILES string of the molecule is CC(=O)Nc1nc2ccc(NC(=O)c3cc(F)cc4[nH]cnc34)cc2s1. The summed E-state index contributed by atoms with van der Waals surface area (Å²) in [6.45, 7) is 1.41. The predicted octanol–water partition coefficient (Wildman–Crippen LogP) is 3.52. The Morgan fingerprint density at radius 1 is 1.19 bits per heavy atom. The summed E-state index contributed by atoms with van der Waals surface area (Å²) in [5.74, 6) is -1.19. The fourth-order valence-electron chi connectivity index (χ4n) is 2.59. The van der Waals surface area contributed by atoms with Crippen LogP contribution in [-0.4, -0.2) is 26.8 Å². The summed E-state index contributed by atoms with van der Waals surface area (Å²) in [6, 6.07) is 7.61. The molecule has 0 spiro atoms. The highest BCUT2D eigenvalue weighted by molar-refractivity contribution is 7.22. The number of aromatic amines is 1. The molecule has 0 aliphatic rings. The van der Waals surface area contributed by atoms with Crippen LogP contribution in [0.1, 0.15) is 17.3 Å². The van der Waals surface area contributed by atoms with Gasteiger partial charge in [-0.2, -0.15) is 0 Å². The van der Waals surface area contributed by atoms with E-state index in [4.69, 9.17) is 0 Å². The molecule has 9 heteroatoms. The maximum Gasteiger partial charge on any atom is 0.258 e. The zero-order chi connectivity index (χ0) is 18.3. The average Bonchev–Trinajstić information content (AvgIpc) is 3.18. The van der Waals surface area contributed by atoms with Crippen LogP contribution in [0, 0.1) is 5.82 Å². The third-order valence-corrected chi connectivity index (χ3v) is 4.60. The predicted molar refractivity (Wildman–Crippen MR) is 97.9 cm³/mol. The smallest absolute Gasteiger partial charge is 0.258 e. The molecule has 4 rings (SSSR count). The van der Waals surface area contributed by atoms with Gasteiger partial charge in [-0.1, -0.05) is 11.3 Å². The van der Waals surface area contributed by atoms with Crippen LogP contribution in [0.25, 0.3) is 21.3 Å². The summed E-state index contributed by atoms with van der Waals surface area (Å²) in [7, 11) is 0. The minimum atomic E-state index is -0.523. The van der Waals surface area contributed by atoms with E-state index in [1.54, 1.807) is 18.2 Å². The molecule has 2 amide bonds. The lowest BCUT2D eigenvalue weighted by Crippen LogP contribution is -2.12. The molecule has 26 heavy (non-hydrogen) atoms. The molecular formula is C17H12FN5O2S. The van der Waals surface area contributed by atoms with Crippen LogP contribution in [0.15, 0.2) is 36.7 Å². The molecule has 0 aliphatic carbocycles. The topological polar surface area (TPSA) is 99.8 Å². The van der Waals surface area contributed by atoms with Crippen molar-refractivity contribution in [3.63, 3.8) is 0 Å². The first-order valence-electron chi connectivity index (χ1n) is 7.62. The normalized spacial score (nSPS) is 11.0. The second-order valence-corrected chi connectivity index (χ2v) is 6.62. The number of hydrogen-bond acceptors (Lipinski definition) is 5. The van der Waals surface area contributed by atoms with Crippen molar-refractivity contribution in [1.29, 1.82) is 0 Å². The fourth-order valence-corrected chi connectivity index (χ4v) is 3.54. The van der Waals surface area contributed by atoms with E-state index in [1.165, 1.54) is 30.7 Å². The van der Waals surface area contributed by atoms with Crippen LogP contribution in [0.2, 0.25) is 0 Å². The third-order valence-electron chi connectivity index (χ3n) is 3.66. The molecule has 0 saturated carbocycles. The second kappa shape index (κ2) is 6.19. The van der Waals surface area contributed by atoms with Crippen molar-refractivity contribution in [2.45, 2.75) is 6.92 Å². The number of aromatic nitrogens is 3. The summed E-state index contributed by atoms with van der Waals surface area (Å²) in [5, 5.41) is 5.86. The van der Waals surface area contributed by atoms with E-state index < -0.39 is 11.7 Å². The molecule has 0 atom stereocenters. The van der Waals surface area contributed by atoms with Crippen LogP contribution in [0.4, 0.5) is 15.2 Å². The molecule has 0 aliphatic heterocycles. The van der Waals surface area contributed by atoms with Gasteiger partial charge in [-0.3, -0.25) is 9.59 Å². The number of rotatable bonds is 3. The number of halogens is 1. The molecule has 3 N–H and O–H groups in total. The second-order valence-electron chi connectivity index (χ2n) is 5.59. The monoisotopic (exact) mass is 369 g/mol. The maximum atomic E-state index is 13.7. The summed E-state index contributed by atoms with van der Waals surface area (Å²) in [5.41, 5.74) is 2.24. The summed E-state index contributed by atoms with van der Waals surface area (Å²) < 4.78 is 14.5. The summed E-state index contributed by atoms with van der Waals surface area (Å²) in [6.07, 6.45) is 1.41. The number of imidazole rings is 1. The van der Waals surface area contributed by atoms with E-state index in [-0.39, 0.29) is 11.5 Å². The molecule has 0 unspecified atom stereocenters. The van der Waals surface area contributed by atoms with Crippen LogP contribution in [0.5, 0.6) is 0 Å². The number of hydrogen-bond donors (Lipinski definition) is 3. The number of nitrogens with one attached hydrogen (secondary N) is 3. The van der Waals surface area contributed by atoms with Gasteiger partial charge in [0.1, 0.15) is 11.3 Å². The molecule has 0 fully saturated rings. The Kier molecular flexibility index (Phi) is 3.85. The minimum Gasteiger partial charge on any atom is -0.344 e. The first kappa shape index (κ1) is 16.2. The van der Waals surface area contributed by atoms with E-state index >= 15 is 0 Å². The number of fused-ring (bicyclic) bond motifs is 2. The van der Waals surface area contributed by atoms with Gasteiger partial charge in [0.05, 0.1) is 27.6 Å². The number of H-pyrrole nitrogens is 1. The third kappa shape index (κ3) is 3.00. The Balaban J connectivity index is 1.64. The molecule has 2 aromatic carbocycles. The van der Waals surface area contributed by atoms with Crippen molar-refractivity contribution in [3.8, 4) is 0 Å². The van der Waals surface area contributed by atoms with Gasteiger partial charge in [-0.15, -0.1) is 0 Å². The van der Waals surface area contributed by atoms with Crippen molar-refractivity contribution in [2.75, 3.05) is 10.6 Å². The Morgan fingerprint density at radius 2 is 2.04 bits per heavy atom. The highest BCUT2D eigenvalue weighted by Crippen LogP contribution is 2.29. The van der Waals surface area contributed by atoms with Gasteiger partial charge in [0.25, 0.3) is 5.91 Å². The Labute approximate surface area is 150 Å². The van der Waals surface area contributed by atoms with Crippen molar-refractivity contribution in [2.24, 2.45) is 0 Å². The highest BCUT2D eigenvalue weighted by atomic mass is 32.1. The molecule has 0 bridgehead atoms. The van der Waals surface area contributed by atoms with Crippen LogP contribution >= 0.6 is 11.3 Å². The maximum absolute atomic E-state index is 13.7. The van der Waals surface area contributed by atoms with E-state index in [0.717, 1.165) is 10.8 Å².